The maximum Gasteiger partial charge on any atom is 0.239 e. The number of benzene rings is 1. The fourth-order valence-corrected chi connectivity index (χ4v) is 3.53. The highest BCUT2D eigenvalue weighted by molar-refractivity contribution is 5.81. The van der Waals surface area contributed by atoms with Gasteiger partial charge in [0.2, 0.25) is 5.91 Å². The molecule has 2 heterocycles. The van der Waals surface area contributed by atoms with Crippen LogP contribution in [0.15, 0.2) is 24.3 Å². The molecule has 21 heavy (non-hydrogen) atoms. The molecule has 1 aromatic rings. The Labute approximate surface area is 125 Å². The third-order valence-electron chi connectivity index (χ3n) is 4.86. The number of amides is 1. The van der Waals surface area contributed by atoms with Gasteiger partial charge >= 0.3 is 0 Å². The van der Waals surface area contributed by atoms with Crippen LogP contribution in [-0.4, -0.2) is 47.9 Å². The van der Waals surface area contributed by atoms with Gasteiger partial charge in [-0.05, 0) is 56.3 Å². The predicted octanol–water partition coefficient (Wildman–Crippen LogP) is 2.63. The van der Waals surface area contributed by atoms with E-state index in [1.807, 2.05) is 17.9 Å². The van der Waals surface area contributed by atoms with E-state index >= 15 is 0 Å². The zero-order valence-electron chi connectivity index (χ0n) is 12.6. The molecule has 3 rings (SSSR count). The molecule has 1 amide bonds. The number of carbonyl (C=O) groups is 1. The number of carbonyl (C=O) groups excluding carboxylic acids is 1. The molecule has 0 N–H and O–H groups in total. The molecule has 1 aromatic carbocycles. The van der Waals surface area contributed by atoms with Crippen molar-refractivity contribution in [2.45, 2.75) is 38.1 Å². The summed E-state index contributed by atoms with van der Waals surface area (Å²) in [5.41, 5.74) is 1.05. The predicted molar refractivity (Wildman–Crippen MR) is 80.6 cm³/mol. The van der Waals surface area contributed by atoms with E-state index in [0.29, 0.717) is 5.92 Å². The van der Waals surface area contributed by atoms with Crippen molar-refractivity contribution in [1.29, 1.82) is 0 Å². The minimum absolute atomic E-state index is 0.0540. The monoisotopic (exact) mass is 290 g/mol. The van der Waals surface area contributed by atoms with Crippen molar-refractivity contribution in [2.24, 2.45) is 0 Å². The Bertz CT molecular complexity index is 513. The van der Waals surface area contributed by atoms with Crippen molar-refractivity contribution in [3.63, 3.8) is 0 Å². The highest BCUT2D eigenvalue weighted by atomic mass is 19.1. The van der Waals surface area contributed by atoms with Crippen molar-refractivity contribution in [2.75, 3.05) is 26.2 Å². The molecule has 2 aliphatic heterocycles. The summed E-state index contributed by atoms with van der Waals surface area (Å²) in [5.74, 6) is 0.425. The number of hydrogen-bond donors (Lipinski definition) is 0. The minimum atomic E-state index is -0.174. The maximum atomic E-state index is 13.3. The Kier molecular flexibility index (Phi) is 4.24. The van der Waals surface area contributed by atoms with Crippen LogP contribution in [-0.2, 0) is 4.79 Å². The first kappa shape index (κ1) is 14.5. The Balaban J connectivity index is 1.62. The van der Waals surface area contributed by atoms with Crippen molar-refractivity contribution in [1.82, 2.24) is 9.80 Å². The number of likely N-dealkylation sites (tertiary alicyclic amines) is 2. The van der Waals surface area contributed by atoms with Crippen molar-refractivity contribution in [3.05, 3.63) is 35.6 Å². The molecule has 0 aromatic heterocycles. The van der Waals surface area contributed by atoms with Gasteiger partial charge in [-0.15, -0.1) is 0 Å². The van der Waals surface area contributed by atoms with Gasteiger partial charge in [-0.1, -0.05) is 12.1 Å². The minimum Gasteiger partial charge on any atom is -0.341 e. The fourth-order valence-electron chi connectivity index (χ4n) is 3.53. The Hall–Kier alpha value is -1.42. The van der Waals surface area contributed by atoms with E-state index in [1.54, 1.807) is 12.1 Å². The molecule has 2 fully saturated rings. The van der Waals surface area contributed by atoms with Gasteiger partial charge in [-0.2, -0.15) is 0 Å². The third-order valence-corrected chi connectivity index (χ3v) is 4.86. The summed E-state index contributed by atoms with van der Waals surface area (Å²) in [6.45, 7) is 5.59. The molecule has 0 radical (unpaired) electrons. The van der Waals surface area contributed by atoms with E-state index in [-0.39, 0.29) is 17.8 Å². The summed E-state index contributed by atoms with van der Waals surface area (Å²) in [7, 11) is 0. The second-order valence-corrected chi connectivity index (χ2v) is 6.24. The average Bonchev–Trinajstić information content (AvgIpc) is 3.17. The van der Waals surface area contributed by atoms with Gasteiger partial charge in [0.1, 0.15) is 5.82 Å². The van der Waals surface area contributed by atoms with E-state index in [9.17, 15) is 9.18 Å². The first-order valence-corrected chi connectivity index (χ1v) is 7.93. The van der Waals surface area contributed by atoms with E-state index in [1.165, 1.54) is 6.07 Å². The van der Waals surface area contributed by atoms with E-state index in [0.717, 1.165) is 51.0 Å². The van der Waals surface area contributed by atoms with Gasteiger partial charge in [-0.25, -0.2) is 4.39 Å². The molecule has 2 saturated heterocycles. The van der Waals surface area contributed by atoms with Crippen LogP contribution in [0.3, 0.4) is 0 Å². The standard InChI is InChI=1S/C17H23FN2O/c1-13(17(21)19-8-2-3-9-19)20-10-7-15(12-20)14-5-4-6-16(18)11-14/h4-6,11,13,15H,2-3,7-10,12H2,1H3. The summed E-state index contributed by atoms with van der Waals surface area (Å²) in [6, 6.07) is 6.81. The molecular formula is C17H23FN2O. The number of rotatable bonds is 3. The zero-order chi connectivity index (χ0) is 14.8. The van der Waals surface area contributed by atoms with Crippen LogP contribution < -0.4 is 0 Å². The molecule has 3 nitrogen and oxygen atoms in total. The second-order valence-electron chi connectivity index (χ2n) is 6.24. The summed E-state index contributed by atoms with van der Waals surface area (Å²) in [4.78, 5) is 16.7. The molecule has 114 valence electrons. The van der Waals surface area contributed by atoms with Gasteiger partial charge in [0.05, 0.1) is 6.04 Å². The van der Waals surface area contributed by atoms with E-state index in [4.69, 9.17) is 0 Å². The van der Waals surface area contributed by atoms with Gasteiger partial charge < -0.3 is 4.90 Å². The van der Waals surface area contributed by atoms with Gasteiger partial charge in [0, 0.05) is 19.6 Å². The van der Waals surface area contributed by atoms with Crippen molar-refractivity contribution >= 4 is 5.91 Å². The lowest BCUT2D eigenvalue weighted by atomic mass is 9.98. The van der Waals surface area contributed by atoms with E-state index in [2.05, 4.69) is 4.90 Å². The van der Waals surface area contributed by atoms with Crippen LogP contribution in [0.2, 0.25) is 0 Å². The second kappa shape index (κ2) is 6.14. The highest BCUT2D eigenvalue weighted by Gasteiger charge is 2.33. The summed E-state index contributed by atoms with van der Waals surface area (Å²) >= 11 is 0. The van der Waals surface area contributed by atoms with Crippen LogP contribution in [0.1, 0.15) is 37.7 Å². The first-order chi connectivity index (χ1) is 10.1. The topological polar surface area (TPSA) is 23.6 Å². The summed E-state index contributed by atoms with van der Waals surface area (Å²) in [6.07, 6.45) is 3.26. The zero-order valence-corrected chi connectivity index (χ0v) is 12.6. The molecule has 0 bridgehead atoms. The fraction of sp³-hybridized carbons (Fsp3) is 0.588. The van der Waals surface area contributed by atoms with Crippen molar-refractivity contribution < 1.29 is 9.18 Å². The van der Waals surface area contributed by atoms with Crippen LogP contribution in [0, 0.1) is 5.82 Å². The highest BCUT2D eigenvalue weighted by Crippen LogP contribution is 2.29. The quantitative estimate of drug-likeness (QED) is 0.854. The Morgan fingerprint density at radius 3 is 2.76 bits per heavy atom. The average molecular weight is 290 g/mol. The number of hydrogen-bond acceptors (Lipinski definition) is 2. The van der Waals surface area contributed by atoms with Crippen LogP contribution >= 0.6 is 0 Å². The SMILES string of the molecule is CC(C(=O)N1CCCC1)N1CCC(c2cccc(F)c2)C1. The van der Waals surface area contributed by atoms with Gasteiger partial charge in [0.25, 0.3) is 0 Å². The maximum absolute atomic E-state index is 13.3. The Morgan fingerprint density at radius 1 is 1.29 bits per heavy atom. The molecule has 2 aliphatic rings. The molecule has 2 unspecified atom stereocenters. The van der Waals surface area contributed by atoms with Crippen LogP contribution in [0.5, 0.6) is 0 Å². The summed E-state index contributed by atoms with van der Waals surface area (Å²) < 4.78 is 13.3. The number of halogens is 1. The molecular weight excluding hydrogens is 267 g/mol. The van der Waals surface area contributed by atoms with E-state index < -0.39 is 0 Å². The molecule has 0 spiro atoms. The summed E-state index contributed by atoms with van der Waals surface area (Å²) in [5, 5.41) is 0. The third kappa shape index (κ3) is 3.10. The molecule has 0 aliphatic carbocycles. The Morgan fingerprint density at radius 2 is 2.05 bits per heavy atom. The normalized spacial score (nSPS) is 24.5. The lowest BCUT2D eigenvalue weighted by molar-refractivity contribution is -0.134. The number of nitrogens with zero attached hydrogens (tertiary/aromatic N) is 2. The van der Waals surface area contributed by atoms with Gasteiger partial charge in [-0.3, -0.25) is 9.69 Å². The lowest BCUT2D eigenvalue weighted by Crippen LogP contribution is -2.45. The van der Waals surface area contributed by atoms with Crippen molar-refractivity contribution in [3.8, 4) is 0 Å². The molecule has 0 saturated carbocycles. The first-order valence-electron chi connectivity index (χ1n) is 7.93. The molecule has 4 heteroatoms. The smallest absolute Gasteiger partial charge is 0.239 e. The van der Waals surface area contributed by atoms with Gasteiger partial charge in [0.15, 0.2) is 0 Å². The molecule has 2 atom stereocenters. The van der Waals surface area contributed by atoms with Crippen LogP contribution in [0.4, 0.5) is 4.39 Å². The lowest BCUT2D eigenvalue weighted by Gasteiger charge is -2.27. The van der Waals surface area contributed by atoms with Crippen LogP contribution in [0.25, 0.3) is 0 Å². The largest absolute Gasteiger partial charge is 0.341 e.